The third kappa shape index (κ3) is 2.75. The lowest BCUT2D eigenvalue weighted by atomic mass is 9.95. The fourth-order valence-electron chi connectivity index (χ4n) is 3.27. The molecule has 2 amide bonds. The van der Waals surface area contributed by atoms with E-state index in [1.54, 1.807) is 13.8 Å². The molecule has 4 atom stereocenters. The van der Waals surface area contributed by atoms with Crippen molar-refractivity contribution in [3.05, 3.63) is 22.1 Å². The number of carboxylic acid groups (broad SMARTS) is 2. The highest BCUT2D eigenvalue weighted by Crippen LogP contribution is 2.50. The Balaban J connectivity index is 1.79. The molecule has 3 rings (SSSR count). The summed E-state index contributed by atoms with van der Waals surface area (Å²) in [5, 5.41) is 22.7. The van der Waals surface area contributed by atoms with Gasteiger partial charge < -0.3 is 20.4 Å². The lowest BCUT2D eigenvalue weighted by molar-refractivity contribution is -0.161. The maximum absolute atomic E-state index is 13.7. The van der Waals surface area contributed by atoms with Crippen molar-refractivity contribution in [2.75, 3.05) is 0 Å². The van der Waals surface area contributed by atoms with Gasteiger partial charge in [-0.1, -0.05) is 0 Å². The van der Waals surface area contributed by atoms with Crippen LogP contribution >= 0.6 is 23.1 Å². The van der Waals surface area contributed by atoms with Crippen LogP contribution in [0.25, 0.3) is 0 Å². The van der Waals surface area contributed by atoms with Gasteiger partial charge in [0.1, 0.15) is 23.3 Å². The van der Waals surface area contributed by atoms with E-state index in [0.717, 1.165) is 16.7 Å². The molecule has 0 aromatic carbocycles. The summed E-state index contributed by atoms with van der Waals surface area (Å²) in [6.07, 6.45) is 0. The molecule has 2 saturated heterocycles. The lowest BCUT2D eigenvalue weighted by Gasteiger charge is -2.43. The first-order chi connectivity index (χ1) is 12.1. The monoisotopic (exact) mass is 402 g/mol. The van der Waals surface area contributed by atoms with Crippen molar-refractivity contribution in [3.63, 3.8) is 0 Å². The number of aliphatic carboxylic acids is 2. The number of carbonyl (C=O) groups is 4. The molecule has 0 radical (unpaired) electrons. The van der Waals surface area contributed by atoms with Gasteiger partial charge in [0.15, 0.2) is 5.92 Å². The van der Waals surface area contributed by atoms with E-state index in [1.165, 1.54) is 22.0 Å². The first kappa shape index (κ1) is 18.6. The van der Waals surface area contributed by atoms with E-state index >= 15 is 0 Å². The van der Waals surface area contributed by atoms with Crippen LogP contribution in [0.2, 0.25) is 0 Å². The van der Waals surface area contributed by atoms with Gasteiger partial charge in [-0.2, -0.15) is 0 Å². The number of fused-ring (bicyclic) bond motifs is 1. The molecule has 11 heteroatoms. The maximum Gasteiger partial charge on any atom is 0.327 e. The summed E-state index contributed by atoms with van der Waals surface area (Å²) in [6, 6.07) is -2.08. The molecule has 0 saturated carbocycles. The Labute approximate surface area is 155 Å². The number of thiophene rings is 1. The second kappa shape index (κ2) is 6.23. The molecule has 0 spiro atoms. The zero-order valence-electron chi connectivity index (χ0n) is 13.6. The molecular weight excluding hydrogens is 387 g/mol. The van der Waals surface area contributed by atoms with E-state index in [0.29, 0.717) is 0 Å². The number of hydrogen-bond acceptors (Lipinski definition) is 6. The smallest absolute Gasteiger partial charge is 0.327 e. The van der Waals surface area contributed by atoms with Crippen LogP contribution in [-0.4, -0.2) is 61.1 Å². The minimum absolute atomic E-state index is 0.272. The highest BCUT2D eigenvalue weighted by atomic mass is 32.2. The van der Waals surface area contributed by atoms with Gasteiger partial charge in [-0.05, 0) is 19.2 Å². The van der Waals surface area contributed by atoms with Gasteiger partial charge in [-0.25, -0.2) is 9.18 Å². The summed E-state index contributed by atoms with van der Waals surface area (Å²) >= 11 is 2.14. The average molecular weight is 402 g/mol. The van der Waals surface area contributed by atoms with Crippen molar-refractivity contribution in [1.29, 1.82) is 0 Å². The molecule has 0 aliphatic carbocycles. The molecule has 2 fully saturated rings. The number of nitrogens with one attached hydrogen (secondary N) is 1. The average Bonchev–Trinajstić information content (AvgIpc) is 3.04. The minimum atomic E-state index is -1.78. The highest BCUT2D eigenvalue weighted by molar-refractivity contribution is 8.01. The van der Waals surface area contributed by atoms with Crippen molar-refractivity contribution in [3.8, 4) is 0 Å². The van der Waals surface area contributed by atoms with Crippen molar-refractivity contribution in [1.82, 2.24) is 10.2 Å². The fraction of sp³-hybridized carbons (Fsp3) is 0.467. The predicted octanol–water partition coefficient (Wildman–Crippen LogP) is 0.687. The van der Waals surface area contributed by atoms with Crippen LogP contribution in [0.15, 0.2) is 10.8 Å². The summed E-state index contributed by atoms with van der Waals surface area (Å²) in [7, 11) is 0. The van der Waals surface area contributed by atoms with Crippen LogP contribution < -0.4 is 5.32 Å². The number of hydrogen-bond donors (Lipinski definition) is 3. The van der Waals surface area contributed by atoms with E-state index in [2.05, 4.69) is 5.32 Å². The Kier molecular flexibility index (Phi) is 4.47. The van der Waals surface area contributed by atoms with Gasteiger partial charge in [0.05, 0.1) is 0 Å². The van der Waals surface area contributed by atoms with Crippen molar-refractivity contribution in [2.45, 2.75) is 42.0 Å². The van der Waals surface area contributed by atoms with Crippen molar-refractivity contribution in [2.24, 2.45) is 0 Å². The van der Waals surface area contributed by atoms with E-state index in [-0.39, 0.29) is 5.56 Å². The summed E-state index contributed by atoms with van der Waals surface area (Å²) < 4.78 is 12.9. The number of thioether (sulfide) groups is 1. The Morgan fingerprint density at radius 2 is 1.96 bits per heavy atom. The van der Waals surface area contributed by atoms with Crippen LogP contribution in [0.4, 0.5) is 4.39 Å². The van der Waals surface area contributed by atoms with Crippen LogP contribution in [0, 0.1) is 5.82 Å². The molecule has 1 aromatic rings. The van der Waals surface area contributed by atoms with E-state index in [4.69, 9.17) is 0 Å². The van der Waals surface area contributed by atoms with Crippen LogP contribution in [0.3, 0.4) is 0 Å². The standard InChI is InChI=1S/C15H15FN2O6S2/c1-15(2)9(14(23)24)18-11(20)8(12(18)26-15)17-10(19)7(13(21)22)5-3-25-4-6(5)16/h3-4,7-9,12H,1-2H3,(H,17,19)(H,21,22)(H,23,24). The molecule has 26 heavy (non-hydrogen) atoms. The molecule has 0 bridgehead atoms. The normalized spacial score (nSPS) is 27.4. The molecule has 1 aromatic heterocycles. The number of carbonyl (C=O) groups excluding carboxylic acids is 2. The second-order valence-electron chi connectivity index (χ2n) is 6.53. The minimum Gasteiger partial charge on any atom is -0.480 e. The van der Waals surface area contributed by atoms with Gasteiger partial charge in [0, 0.05) is 15.7 Å². The van der Waals surface area contributed by atoms with E-state index in [9.17, 15) is 33.8 Å². The van der Waals surface area contributed by atoms with E-state index in [1.807, 2.05) is 0 Å². The zero-order chi connectivity index (χ0) is 19.4. The van der Waals surface area contributed by atoms with Crippen LogP contribution in [-0.2, 0) is 19.2 Å². The molecule has 3 N–H and O–H groups in total. The Morgan fingerprint density at radius 3 is 2.46 bits per heavy atom. The summed E-state index contributed by atoms with van der Waals surface area (Å²) in [6.45, 7) is 3.36. The van der Waals surface area contributed by atoms with Gasteiger partial charge >= 0.3 is 11.9 Å². The first-order valence-corrected chi connectivity index (χ1v) is 9.36. The van der Waals surface area contributed by atoms with Gasteiger partial charge in [0.2, 0.25) is 11.8 Å². The lowest BCUT2D eigenvalue weighted by Crippen LogP contribution is -2.71. The quantitative estimate of drug-likeness (QED) is 0.489. The van der Waals surface area contributed by atoms with Crippen LogP contribution in [0.5, 0.6) is 0 Å². The maximum atomic E-state index is 13.7. The third-order valence-corrected chi connectivity index (χ3v) is 6.74. The number of nitrogens with zero attached hydrogens (tertiary/aromatic N) is 1. The second-order valence-corrected chi connectivity index (χ2v) is 9.05. The molecule has 140 valence electrons. The zero-order valence-corrected chi connectivity index (χ0v) is 15.3. The van der Waals surface area contributed by atoms with Gasteiger partial charge in [-0.15, -0.1) is 23.1 Å². The number of amides is 2. The number of halogens is 1. The molecule has 8 nitrogen and oxygen atoms in total. The largest absolute Gasteiger partial charge is 0.480 e. The number of rotatable bonds is 5. The van der Waals surface area contributed by atoms with Gasteiger partial charge in [0.25, 0.3) is 0 Å². The Morgan fingerprint density at radius 1 is 1.31 bits per heavy atom. The third-order valence-electron chi connectivity index (χ3n) is 4.44. The summed E-state index contributed by atoms with van der Waals surface area (Å²) in [4.78, 5) is 48.8. The summed E-state index contributed by atoms with van der Waals surface area (Å²) in [5.74, 6) is -6.87. The fourth-order valence-corrected chi connectivity index (χ4v) is 5.61. The molecule has 2 aliphatic rings. The molecule has 3 heterocycles. The Hall–Kier alpha value is -2.14. The van der Waals surface area contributed by atoms with Crippen LogP contribution in [0.1, 0.15) is 25.3 Å². The first-order valence-electron chi connectivity index (χ1n) is 7.54. The van der Waals surface area contributed by atoms with E-state index < -0.39 is 57.7 Å². The van der Waals surface area contributed by atoms with Crippen molar-refractivity contribution >= 4 is 46.9 Å². The van der Waals surface area contributed by atoms with Crippen molar-refractivity contribution < 1.29 is 33.8 Å². The Bertz CT molecular complexity index is 810. The van der Waals surface area contributed by atoms with Gasteiger partial charge in [-0.3, -0.25) is 14.4 Å². The molecular formula is C15H15FN2O6S2. The SMILES string of the molecule is CC1(C)SC2C(NC(=O)C(C(=O)O)c3cscc3F)C(=O)N2C1C(=O)O. The topological polar surface area (TPSA) is 124 Å². The summed E-state index contributed by atoms with van der Waals surface area (Å²) in [5.41, 5.74) is -0.272. The number of carboxylic acids is 2. The molecule has 4 unspecified atom stereocenters. The highest BCUT2D eigenvalue weighted by Gasteiger charge is 2.64. The molecule has 2 aliphatic heterocycles. The number of β-lactam (4-membered cyclic amide) rings is 1. The predicted molar refractivity (Wildman–Crippen MR) is 90.3 cm³/mol.